The van der Waals surface area contributed by atoms with E-state index in [1.165, 1.54) is 50.0 Å². The molecule has 0 heterocycles. The molecular formula is C12H27NS. The van der Waals surface area contributed by atoms with E-state index in [0.29, 0.717) is 6.04 Å². The summed E-state index contributed by atoms with van der Waals surface area (Å²) in [4.78, 5) is 0. The average molecular weight is 217 g/mol. The van der Waals surface area contributed by atoms with Gasteiger partial charge in [0.25, 0.3) is 0 Å². The summed E-state index contributed by atoms with van der Waals surface area (Å²) >= 11 is 2.13. The van der Waals surface area contributed by atoms with Crippen LogP contribution in [0.1, 0.15) is 52.4 Å². The Bertz CT molecular complexity index is 106. The third-order valence-corrected chi connectivity index (χ3v) is 3.72. The lowest BCUT2D eigenvalue weighted by Gasteiger charge is -2.08. The van der Waals surface area contributed by atoms with Gasteiger partial charge in [0.2, 0.25) is 0 Å². The zero-order chi connectivity index (χ0) is 10.6. The molecule has 0 aromatic rings. The molecule has 0 aromatic heterocycles. The molecule has 0 spiro atoms. The molecule has 0 saturated heterocycles. The Kier molecular flexibility index (Phi) is 11.6. The van der Waals surface area contributed by atoms with E-state index in [1.54, 1.807) is 0 Å². The normalized spacial score (nSPS) is 13.1. The molecule has 0 aliphatic rings. The third-order valence-electron chi connectivity index (χ3n) is 2.56. The molecule has 0 fully saturated rings. The van der Waals surface area contributed by atoms with E-state index in [9.17, 15) is 0 Å². The standard InChI is InChI=1S/C12H27NS/c1-4-5-7-10-14-11-8-6-9-12(2)13-3/h12-13H,4-11H2,1-3H3. The van der Waals surface area contributed by atoms with Gasteiger partial charge in [-0.3, -0.25) is 0 Å². The lowest BCUT2D eigenvalue weighted by Crippen LogP contribution is -2.20. The largest absolute Gasteiger partial charge is 0.317 e. The molecule has 0 amide bonds. The van der Waals surface area contributed by atoms with E-state index < -0.39 is 0 Å². The monoisotopic (exact) mass is 217 g/mol. The van der Waals surface area contributed by atoms with E-state index in [4.69, 9.17) is 0 Å². The average Bonchev–Trinajstić information content (AvgIpc) is 2.21. The van der Waals surface area contributed by atoms with Crippen molar-refractivity contribution in [3.63, 3.8) is 0 Å². The van der Waals surface area contributed by atoms with Gasteiger partial charge in [0.15, 0.2) is 0 Å². The summed E-state index contributed by atoms with van der Waals surface area (Å²) in [7, 11) is 2.05. The van der Waals surface area contributed by atoms with Crippen LogP contribution in [0.3, 0.4) is 0 Å². The first-order chi connectivity index (χ1) is 6.81. The van der Waals surface area contributed by atoms with E-state index in [-0.39, 0.29) is 0 Å². The minimum atomic E-state index is 0.695. The van der Waals surface area contributed by atoms with Gasteiger partial charge >= 0.3 is 0 Å². The molecule has 2 heteroatoms. The van der Waals surface area contributed by atoms with E-state index >= 15 is 0 Å². The highest BCUT2D eigenvalue weighted by Gasteiger charge is 1.97. The second-order valence-electron chi connectivity index (χ2n) is 4.00. The molecule has 0 radical (unpaired) electrons. The van der Waals surface area contributed by atoms with Crippen LogP contribution in [0.2, 0.25) is 0 Å². The SMILES string of the molecule is CCCCCSCCCCC(C)NC. The van der Waals surface area contributed by atoms with Gasteiger partial charge in [0.1, 0.15) is 0 Å². The van der Waals surface area contributed by atoms with E-state index in [0.717, 1.165) is 0 Å². The summed E-state index contributed by atoms with van der Waals surface area (Å²) in [6.07, 6.45) is 8.26. The van der Waals surface area contributed by atoms with Crippen molar-refractivity contribution >= 4 is 11.8 Å². The van der Waals surface area contributed by atoms with Crippen molar-refractivity contribution in [3.8, 4) is 0 Å². The van der Waals surface area contributed by atoms with Crippen molar-refractivity contribution in [2.24, 2.45) is 0 Å². The third kappa shape index (κ3) is 10.4. The van der Waals surface area contributed by atoms with Gasteiger partial charge in [-0.15, -0.1) is 0 Å². The van der Waals surface area contributed by atoms with Gasteiger partial charge in [-0.2, -0.15) is 11.8 Å². The van der Waals surface area contributed by atoms with Crippen molar-refractivity contribution < 1.29 is 0 Å². The molecule has 1 unspecified atom stereocenters. The summed E-state index contributed by atoms with van der Waals surface area (Å²) in [6.45, 7) is 4.53. The summed E-state index contributed by atoms with van der Waals surface area (Å²) in [5.74, 6) is 2.73. The second-order valence-corrected chi connectivity index (χ2v) is 5.23. The van der Waals surface area contributed by atoms with Crippen molar-refractivity contribution in [1.82, 2.24) is 5.32 Å². The first-order valence-electron chi connectivity index (χ1n) is 6.06. The van der Waals surface area contributed by atoms with Gasteiger partial charge in [-0.25, -0.2) is 0 Å². The molecule has 14 heavy (non-hydrogen) atoms. The molecule has 0 rings (SSSR count). The number of unbranched alkanes of at least 4 members (excludes halogenated alkanes) is 3. The lowest BCUT2D eigenvalue weighted by molar-refractivity contribution is 0.539. The summed E-state index contributed by atoms with van der Waals surface area (Å²) in [5, 5.41) is 3.28. The highest BCUT2D eigenvalue weighted by atomic mass is 32.2. The van der Waals surface area contributed by atoms with Crippen LogP contribution < -0.4 is 5.32 Å². The van der Waals surface area contributed by atoms with Crippen molar-refractivity contribution in [3.05, 3.63) is 0 Å². The van der Waals surface area contributed by atoms with Gasteiger partial charge in [0.05, 0.1) is 0 Å². The maximum absolute atomic E-state index is 3.28. The quantitative estimate of drug-likeness (QED) is 0.560. The predicted molar refractivity (Wildman–Crippen MR) is 69.2 cm³/mol. The first-order valence-corrected chi connectivity index (χ1v) is 7.21. The lowest BCUT2D eigenvalue weighted by atomic mass is 10.1. The van der Waals surface area contributed by atoms with Crippen LogP contribution in [0.4, 0.5) is 0 Å². The maximum Gasteiger partial charge on any atom is 0.00357 e. The highest BCUT2D eigenvalue weighted by Crippen LogP contribution is 2.10. The van der Waals surface area contributed by atoms with Gasteiger partial charge in [-0.05, 0) is 44.7 Å². The van der Waals surface area contributed by atoms with Crippen molar-refractivity contribution in [1.29, 1.82) is 0 Å². The van der Waals surface area contributed by atoms with Crippen LogP contribution >= 0.6 is 11.8 Å². The minimum absolute atomic E-state index is 0.695. The highest BCUT2D eigenvalue weighted by molar-refractivity contribution is 7.99. The number of hydrogen-bond donors (Lipinski definition) is 1. The van der Waals surface area contributed by atoms with Gasteiger partial charge in [-0.1, -0.05) is 26.2 Å². The molecular weight excluding hydrogens is 190 g/mol. The van der Waals surface area contributed by atoms with Crippen molar-refractivity contribution in [2.75, 3.05) is 18.6 Å². The van der Waals surface area contributed by atoms with Crippen molar-refractivity contribution in [2.45, 2.75) is 58.4 Å². The molecule has 0 aromatic carbocycles. The van der Waals surface area contributed by atoms with Crippen LogP contribution in [0.5, 0.6) is 0 Å². The Morgan fingerprint density at radius 1 is 1.07 bits per heavy atom. The topological polar surface area (TPSA) is 12.0 Å². The number of rotatable bonds is 10. The fourth-order valence-electron chi connectivity index (χ4n) is 1.36. The number of thioether (sulfide) groups is 1. The van der Waals surface area contributed by atoms with Crippen LogP contribution in [-0.2, 0) is 0 Å². The minimum Gasteiger partial charge on any atom is -0.317 e. The fraction of sp³-hybridized carbons (Fsp3) is 1.00. The van der Waals surface area contributed by atoms with Crippen LogP contribution in [0, 0.1) is 0 Å². The molecule has 0 saturated carbocycles. The van der Waals surface area contributed by atoms with Gasteiger partial charge < -0.3 is 5.32 Å². The van der Waals surface area contributed by atoms with E-state index in [2.05, 4.69) is 30.9 Å². The molecule has 0 bridgehead atoms. The molecule has 1 atom stereocenters. The number of nitrogens with one attached hydrogen (secondary N) is 1. The molecule has 1 nitrogen and oxygen atoms in total. The molecule has 86 valence electrons. The Morgan fingerprint density at radius 2 is 1.71 bits per heavy atom. The smallest absolute Gasteiger partial charge is 0.00357 e. The Morgan fingerprint density at radius 3 is 2.29 bits per heavy atom. The second kappa shape index (κ2) is 11.4. The van der Waals surface area contributed by atoms with Gasteiger partial charge in [0, 0.05) is 6.04 Å². The fourth-order valence-corrected chi connectivity index (χ4v) is 2.38. The Balaban J connectivity index is 2.92. The van der Waals surface area contributed by atoms with Crippen LogP contribution in [0.25, 0.3) is 0 Å². The zero-order valence-electron chi connectivity index (χ0n) is 10.1. The number of hydrogen-bond acceptors (Lipinski definition) is 2. The molecule has 0 aliphatic carbocycles. The predicted octanol–water partition coefficient (Wildman–Crippen LogP) is 3.69. The maximum atomic E-state index is 3.28. The Hall–Kier alpha value is 0.310. The summed E-state index contributed by atoms with van der Waals surface area (Å²) in [5.41, 5.74) is 0. The molecule has 1 N–H and O–H groups in total. The first kappa shape index (κ1) is 14.3. The van der Waals surface area contributed by atoms with E-state index in [1.807, 2.05) is 7.05 Å². The Labute approximate surface area is 94.4 Å². The summed E-state index contributed by atoms with van der Waals surface area (Å²) in [6, 6.07) is 0.695. The van der Waals surface area contributed by atoms with Crippen LogP contribution in [-0.4, -0.2) is 24.6 Å². The molecule has 0 aliphatic heterocycles. The van der Waals surface area contributed by atoms with Crippen LogP contribution in [0.15, 0.2) is 0 Å². The zero-order valence-corrected chi connectivity index (χ0v) is 11.0. The summed E-state index contributed by atoms with van der Waals surface area (Å²) < 4.78 is 0.